The fourth-order valence-corrected chi connectivity index (χ4v) is 2.69. The fraction of sp³-hybridized carbons (Fsp3) is 0.688. The molecule has 3 nitrogen and oxygen atoms in total. The quantitative estimate of drug-likeness (QED) is 0.851. The summed E-state index contributed by atoms with van der Waals surface area (Å²) < 4.78 is 0. The first-order chi connectivity index (χ1) is 9.13. The van der Waals surface area contributed by atoms with E-state index in [1.807, 2.05) is 0 Å². The molecular weight excluding hydrogens is 234 g/mol. The number of hydrogen-bond acceptors (Lipinski definition) is 3. The summed E-state index contributed by atoms with van der Waals surface area (Å²) in [5.74, 6) is 2.09. The van der Waals surface area contributed by atoms with E-state index in [0.717, 1.165) is 30.7 Å². The molecule has 104 valence electrons. The molecule has 0 bridgehead atoms. The van der Waals surface area contributed by atoms with E-state index in [0.29, 0.717) is 0 Å². The van der Waals surface area contributed by atoms with Gasteiger partial charge in [-0.3, -0.25) is 0 Å². The van der Waals surface area contributed by atoms with Gasteiger partial charge in [0.05, 0.1) is 0 Å². The van der Waals surface area contributed by atoms with Crippen molar-refractivity contribution >= 4 is 5.82 Å². The number of hydrogen-bond donors (Lipinski definition) is 1. The molecule has 0 unspecified atom stereocenters. The summed E-state index contributed by atoms with van der Waals surface area (Å²) in [7, 11) is 2.19. The normalized spacial score (nSPS) is 18.7. The monoisotopic (exact) mass is 259 g/mol. The van der Waals surface area contributed by atoms with E-state index >= 15 is 0 Å². The molecule has 0 saturated heterocycles. The minimum absolute atomic E-state index is 0.752. The zero-order valence-corrected chi connectivity index (χ0v) is 12.4. The second-order valence-corrected chi connectivity index (χ2v) is 6.36. The smallest absolute Gasteiger partial charge is 0.133 e. The standard InChI is InChI=1S/C16H25N3/c1-11-8-12(2)18-16(19(3)10-13-4-5-13)15(11)9-17-14-6-7-14/h8,13-14,17H,4-7,9-10H2,1-3H3. The Morgan fingerprint density at radius 2 is 2.00 bits per heavy atom. The van der Waals surface area contributed by atoms with Crippen molar-refractivity contribution in [1.82, 2.24) is 10.3 Å². The summed E-state index contributed by atoms with van der Waals surface area (Å²) in [5.41, 5.74) is 3.89. The molecule has 0 aromatic carbocycles. The SMILES string of the molecule is Cc1cc(C)c(CNC2CC2)c(N(C)CC2CC2)n1. The molecule has 1 aromatic heterocycles. The minimum Gasteiger partial charge on any atom is -0.359 e. The molecule has 1 aromatic rings. The highest BCUT2D eigenvalue weighted by molar-refractivity contribution is 5.51. The molecule has 2 aliphatic carbocycles. The molecule has 3 rings (SSSR count). The van der Waals surface area contributed by atoms with Crippen LogP contribution in [0.1, 0.15) is 42.5 Å². The van der Waals surface area contributed by atoms with Crippen LogP contribution < -0.4 is 10.2 Å². The van der Waals surface area contributed by atoms with Gasteiger partial charge < -0.3 is 10.2 Å². The molecule has 3 heteroatoms. The van der Waals surface area contributed by atoms with Crippen molar-refractivity contribution in [3.8, 4) is 0 Å². The summed E-state index contributed by atoms with van der Waals surface area (Å²) >= 11 is 0. The van der Waals surface area contributed by atoms with Crippen molar-refractivity contribution in [3.05, 3.63) is 22.9 Å². The number of pyridine rings is 1. The van der Waals surface area contributed by atoms with E-state index in [4.69, 9.17) is 4.98 Å². The molecule has 1 N–H and O–H groups in total. The molecule has 0 radical (unpaired) electrons. The van der Waals surface area contributed by atoms with Crippen LogP contribution in [0, 0.1) is 19.8 Å². The van der Waals surface area contributed by atoms with Gasteiger partial charge in [-0.2, -0.15) is 0 Å². The number of nitrogens with one attached hydrogen (secondary N) is 1. The number of anilines is 1. The Bertz CT molecular complexity index is 461. The van der Waals surface area contributed by atoms with Crippen molar-refractivity contribution in [2.75, 3.05) is 18.5 Å². The van der Waals surface area contributed by atoms with Gasteiger partial charge in [-0.1, -0.05) is 0 Å². The van der Waals surface area contributed by atoms with E-state index in [2.05, 4.69) is 37.2 Å². The van der Waals surface area contributed by atoms with Gasteiger partial charge in [-0.05, 0) is 57.1 Å². The maximum absolute atomic E-state index is 4.80. The molecule has 1 heterocycles. The van der Waals surface area contributed by atoms with Gasteiger partial charge in [-0.15, -0.1) is 0 Å². The minimum atomic E-state index is 0.752. The van der Waals surface area contributed by atoms with Crippen molar-refractivity contribution in [3.63, 3.8) is 0 Å². The zero-order chi connectivity index (χ0) is 13.4. The van der Waals surface area contributed by atoms with Crippen LogP contribution in [0.25, 0.3) is 0 Å². The van der Waals surface area contributed by atoms with Crippen LogP contribution in [0.5, 0.6) is 0 Å². The third kappa shape index (κ3) is 3.27. The maximum atomic E-state index is 4.80. The Hall–Kier alpha value is -1.09. The predicted molar refractivity (Wildman–Crippen MR) is 79.6 cm³/mol. The van der Waals surface area contributed by atoms with E-state index in [9.17, 15) is 0 Å². The Labute approximate surface area is 116 Å². The Morgan fingerprint density at radius 1 is 1.26 bits per heavy atom. The van der Waals surface area contributed by atoms with Crippen molar-refractivity contribution in [2.24, 2.45) is 5.92 Å². The van der Waals surface area contributed by atoms with Gasteiger partial charge >= 0.3 is 0 Å². The lowest BCUT2D eigenvalue weighted by atomic mass is 10.1. The summed E-state index contributed by atoms with van der Waals surface area (Å²) in [4.78, 5) is 7.16. The van der Waals surface area contributed by atoms with Gasteiger partial charge in [0.1, 0.15) is 5.82 Å². The lowest BCUT2D eigenvalue weighted by Crippen LogP contribution is -2.25. The van der Waals surface area contributed by atoms with Crippen LogP contribution in [0.15, 0.2) is 6.07 Å². The van der Waals surface area contributed by atoms with Crippen molar-refractivity contribution < 1.29 is 0 Å². The van der Waals surface area contributed by atoms with Gasteiger partial charge in [0, 0.05) is 37.4 Å². The second kappa shape index (κ2) is 5.12. The largest absolute Gasteiger partial charge is 0.359 e. The van der Waals surface area contributed by atoms with Crippen LogP contribution in [-0.2, 0) is 6.54 Å². The zero-order valence-electron chi connectivity index (χ0n) is 12.4. The van der Waals surface area contributed by atoms with Gasteiger partial charge in [0.2, 0.25) is 0 Å². The lowest BCUT2D eigenvalue weighted by Gasteiger charge is -2.23. The molecule has 0 atom stereocenters. The van der Waals surface area contributed by atoms with Crippen molar-refractivity contribution in [1.29, 1.82) is 0 Å². The molecule has 2 fully saturated rings. The van der Waals surface area contributed by atoms with Crippen LogP contribution in [0.2, 0.25) is 0 Å². The molecule has 0 spiro atoms. The number of rotatable bonds is 6. The van der Waals surface area contributed by atoms with Gasteiger partial charge in [0.25, 0.3) is 0 Å². The topological polar surface area (TPSA) is 28.2 Å². The third-order valence-electron chi connectivity index (χ3n) is 4.19. The van der Waals surface area contributed by atoms with E-state index in [-0.39, 0.29) is 0 Å². The van der Waals surface area contributed by atoms with Crippen LogP contribution in [-0.4, -0.2) is 24.6 Å². The molecular formula is C16H25N3. The summed E-state index contributed by atoms with van der Waals surface area (Å²) in [6.45, 7) is 6.44. The number of nitrogens with zero attached hydrogens (tertiary/aromatic N) is 2. The molecule has 2 saturated carbocycles. The highest BCUT2D eigenvalue weighted by atomic mass is 15.2. The first-order valence-electron chi connectivity index (χ1n) is 7.55. The number of aromatic nitrogens is 1. The highest BCUT2D eigenvalue weighted by Crippen LogP contribution is 2.32. The highest BCUT2D eigenvalue weighted by Gasteiger charge is 2.25. The summed E-state index contributed by atoms with van der Waals surface area (Å²) in [6.07, 6.45) is 5.47. The average Bonchev–Trinajstić information content (AvgIpc) is 3.21. The predicted octanol–water partition coefficient (Wildman–Crippen LogP) is 2.80. The third-order valence-corrected chi connectivity index (χ3v) is 4.19. The van der Waals surface area contributed by atoms with Crippen molar-refractivity contribution in [2.45, 2.75) is 52.1 Å². The Morgan fingerprint density at radius 3 is 2.63 bits per heavy atom. The Balaban J connectivity index is 1.80. The average molecular weight is 259 g/mol. The van der Waals surface area contributed by atoms with Crippen LogP contribution >= 0.6 is 0 Å². The van der Waals surface area contributed by atoms with E-state index in [1.54, 1.807) is 0 Å². The molecule has 0 aliphatic heterocycles. The molecule has 0 amide bonds. The summed E-state index contributed by atoms with van der Waals surface area (Å²) in [6, 6.07) is 2.96. The van der Waals surface area contributed by atoms with E-state index < -0.39 is 0 Å². The first kappa shape index (κ1) is 12.9. The summed E-state index contributed by atoms with van der Waals surface area (Å²) in [5, 5.41) is 3.63. The second-order valence-electron chi connectivity index (χ2n) is 6.36. The van der Waals surface area contributed by atoms with E-state index in [1.165, 1.54) is 42.6 Å². The Kier molecular flexibility index (Phi) is 3.48. The van der Waals surface area contributed by atoms with Gasteiger partial charge in [0.15, 0.2) is 0 Å². The number of aryl methyl sites for hydroxylation is 2. The lowest BCUT2D eigenvalue weighted by molar-refractivity contribution is 0.676. The molecule has 19 heavy (non-hydrogen) atoms. The first-order valence-corrected chi connectivity index (χ1v) is 7.55. The van der Waals surface area contributed by atoms with Gasteiger partial charge in [-0.25, -0.2) is 4.98 Å². The fourth-order valence-electron chi connectivity index (χ4n) is 2.69. The van der Waals surface area contributed by atoms with Crippen LogP contribution in [0.3, 0.4) is 0 Å². The van der Waals surface area contributed by atoms with Crippen LogP contribution in [0.4, 0.5) is 5.82 Å². The molecule has 2 aliphatic rings. The maximum Gasteiger partial charge on any atom is 0.133 e.